The molecule has 0 aliphatic rings. The van der Waals surface area contributed by atoms with E-state index in [2.05, 4.69) is 5.92 Å². The summed E-state index contributed by atoms with van der Waals surface area (Å²) in [4.78, 5) is 11.1. The van der Waals surface area contributed by atoms with Crippen LogP contribution in [0.15, 0.2) is 0 Å². The Bertz CT molecular complexity index is 183. The molecule has 0 aliphatic carbocycles. The molecular formula is C9H16NO+. The number of hydrogen-bond acceptors (Lipinski definition) is 1. The average Bonchev–Trinajstić information content (AvgIpc) is 1.79. The number of carbonyl (C=O) groups excluding carboxylic acids is 1. The fraction of sp³-hybridized carbons (Fsp3) is 0.667. The third-order valence-electron chi connectivity index (χ3n) is 1.72. The Morgan fingerprint density at radius 3 is 2.09 bits per heavy atom. The SMILES string of the molecule is C#CC[C@@H](C(C)=O)[N+](C)(C)C. The lowest BCUT2D eigenvalue weighted by molar-refractivity contribution is -0.885. The van der Waals surface area contributed by atoms with Gasteiger partial charge in [0.1, 0.15) is 0 Å². The van der Waals surface area contributed by atoms with Crippen molar-refractivity contribution >= 4 is 5.78 Å². The van der Waals surface area contributed by atoms with Crippen LogP contribution in [0.3, 0.4) is 0 Å². The predicted molar refractivity (Wildman–Crippen MR) is 46.0 cm³/mol. The summed E-state index contributed by atoms with van der Waals surface area (Å²) in [5.74, 6) is 2.68. The molecule has 2 nitrogen and oxygen atoms in total. The summed E-state index contributed by atoms with van der Waals surface area (Å²) in [6.45, 7) is 1.59. The van der Waals surface area contributed by atoms with Crippen LogP contribution in [-0.4, -0.2) is 37.5 Å². The highest BCUT2D eigenvalue weighted by atomic mass is 16.1. The second kappa shape index (κ2) is 3.54. The zero-order valence-electron chi connectivity index (χ0n) is 7.72. The molecule has 0 heterocycles. The van der Waals surface area contributed by atoms with Crippen molar-refractivity contribution in [3.63, 3.8) is 0 Å². The first-order valence-electron chi connectivity index (χ1n) is 3.64. The Morgan fingerprint density at radius 1 is 1.55 bits per heavy atom. The summed E-state index contributed by atoms with van der Waals surface area (Å²) < 4.78 is 0.611. The van der Waals surface area contributed by atoms with Crippen molar-refractivity contribution in [2.24, 2.45) is 0 Å². The summed E-state index contributed by atoms with van der Waals surface area (Å²) in [6, 6.07) is -0.0556. The topological polar surface area (TPSA) is 17.1 Å². The normalized spacial score (nSPS) is 13.7. The molecule has 0 N–H and O–H groups in total. The highest BCUT2D eigenvalue weighted by molar-refractivity contribution is 5.80. The van der Waals surface area contributed by atoms with Gasteiger partial charge >= 0.3 is 0 Å². The highest BCUT2D eigenvalue weighted by Gasteiger charge is 2.26. The first-order valence-corrected chi connectivity index (χ1v) is 3.64. The zero-order valence-corrected chi connectivity index (χ0v) is 7.72. The molecule has 0 rings (SSSR count). The van der Waals surface area contributed by atoms with Gasteiger partial charge in [0.2, 0.25) is 0 Å². The summed E-state index contributed by atoms with van der Waals surface area (Å²) >= 11 is 0. The zero-order chi connectivity index (χ0) is 9.07. The Morgan fingerprint density at radius 2 is 2.00 bits per heavy atom. The molecule has 0 amide bonds. The van der Waals surface area contributed by atoms with Gasteiger partial charge in [-0.25, -0.2) is 0 Å². The fourth-order valence-electron chi connectivity index (χ4n) is 1.07. The van der Waals surface area contributed by atoms with Gasteiger partial charge in [0.15, 0.2) is 11.8 Å². The van der Waals surface area contributed by atoms with Crippen molar-refractivity contribution in [2.75, 3.05) is 21.1 Å². The lowest BCUT2D eigenvalue weighted by atomic mass is 10.1. The van der Waals surface area contributed by atoms with Gasteiger partial charge in [0.05, 0.1) is 27.6 Å². The van der Waals surface area contributed by atoms with E-state index in [0.717, 1.165) is 0 Å². The standard InChI is InChI=1S/C9H16NO/c1-6-7-9(8(2)11)10(3,4)5/h1,9H,7H2,2-5H3/q+1/t9-/m0/s1. The number of Topliss-reactive ketones (excluding diaryl/α,β-unsaturated/α-hetero) is 1. The Kier molecular flexibility index (Phi) is 3.28. The quantitative estimate of drug-likeness (QED) is 0.431. The average molecular weight is 154 g/mol. The number of rotatable bonds is 3. The molecule has 0 bridgehead atoms. The van der Waals surface area contributed by atoms with Crippen LogP contribution in [0, 0.1) is 12.3 Å². The summed E-state index contributed by atoms with van der Waals surface area (Å²) in [6.07, 6.45) is 5.68. The molecule has 2 heteroatoms. The molecule has 1 atom stereocenters. The van der Waals surface area contributed by atoms with Crippen LogP contribution in [0.25, 0.3) is 0 Å². The lowest BCUT2D eigenvalue weighted by Gasteiger charge is -2.31. The van der Waals surface area contributed by atoms with Crippen molar-refractivity contribution < 1.29 is 9.28 Å². The summed E-state index contributed by atoms with van der Waals surface area (Å²) in [5, 5.41) is 0. The molecule has 0 unspecified atom stereocenters. The molecule has 0 aromatic rings. The number of likely N-dealkylation sites (N-methyl/N-ethyl adjacent to an activating group) is 1. The van der Waals surface area contributed by atoms with E-state index < -0.39 is 0 Å². The van der Waals surface area contributed by atoms with Gasteiger partial charge in [-0.3, -0.25) is 4.79 Å². The molecule has 0 saturated heterocycles. The minimum atomic E-state index is -0.0556. The van der Waals surface area contributed by atoms with E-state index in [0.29, 0.717) is 10.9 Å². The van der Waals surface area contributed by atoms with Crippen LogP contribution < -0.4 is 0 Å². The van der Waals surface area contributed by atoms with Gasteiger partial charge in [-0.2, -0.15) is 0 Å². The Hall–Kier alpha value is -0.810. The van der Waals surface area contributed by atoms with E-state index >= 15 is 0 Å². The smallest absolute Gasteiger partial charge is 0.187 e. The molecule has 0 aliphatic heterocycles. The van der Waals surface area contributed by atoms with Crippen molar-refractivity contribution in [2.45, 2.75) is 19.4 Å². The predicted octanol–water partition coefficient (Wildman–Crippen LogP) is 0.673. The van der Waals surface area contributed by atoms with E-state index in [4.69, 9.17) is 6.42 Å². The second-order valence-corrected chi connectivity index (χ2v) is 3.65. The number of carbonyl (C=O) groups is 1. The maximum Gasteiger partial charge on any atom is 0.187 e. The number of hydrogen-bond donors (Lipinski definition) is 0. The van der Waals surface area contributed by atoms with E-state index in [9.17, 15) is 4.79 Å². The van der Waals surface area contributed by atoms with Gasteiger partial charge in [-0.15, -0.1) is 6.42 Å². The monoisotopic (exact) mass is 154 g/mol. The van der Waals surface area contributed by atoms with Gasteiger partial charge in [-0.1, -0.05) is 5.92 Å². The molecule has 62 valence electrons. The highest BCUT2D eigenvalue weighted by Crippen LogP contribution is 2.07. The van der Waals surface area contributed by atoms with Crippen LogP contribution in [0.4, 0.5) is 0 Å². The van der Waals surface area contributed by atoms with Crippen molar-refractivity contribution in [1.82, 2.24) is 0 Å². The molecule has 0 saturated carbocycles. The first-order chi connectivity index (χ1) is 4.89. The number of quaternary nitrogens is 1. The number of nitrogens with zero attached hydrogens (tertiary/aromatic N) is 1. The molecule has 11 heavy (non-hydrogen) atoms. The van der Waals surface area contributed by atoms with Crippen LogP contribution in [0.2, 0.25) is 0 Å². The van der Waals surface area contributed by atoms with Crippen LogP contribution in [0.1, 0.15) is 13.3 Å². The molecule has 0 radical (unpaired) electrons. The fourth-order valence-corrected chi connectivity index (χ4v) is 1.07. The maximum atomic E-state index is 11.1. The van der Waals surface area contributed by atoms with Gasteiger partial charge < -0.3 is 4.48 Å². The summed E-state index contributed by atoms with van der Waals surface area (Å²) in [5.41, 5.74) is 0. The van der Waals surface area contributed by atoms with Gasteiger partial charge in [0, 0.05) is 6.92 Å². The first kappa shape index (κ1) is 10.2. The van der Waals surface area contributed by atoms with Crippen molar-refractivity contribution in [1.29, 1.82) is 0 Å². The Labute approximate surface area is 68.8 Å². The molecule has 0 aromatic carbocycles. The minimum Gasteiger partial charge on any atom is -0.322 e. The molecule has 0 aromatic heterocycles. The van der Waals surface area contributed by atoms with Crippen molar-refractivity contribution in [3.8, 4) is 12.3 Å². The van der Waals surface area contributed by atoms with E-state index in [-0.39, 0.29) is 11.8 Å². The largest absolute Gasteiger partial charge is 0.322 e. The van der Waals surface area contributed by atoms with E-state index in [1.54, 1.807) is 6.92 Å². The molecule has 0 spiro atoms. The van der Waals surface area contributed by atoms with Gasteiger partial charge in [0.25, 0.3) is 0 Å². The minimum absolute atomic E-state index is 0.0556. The second-order valence-electron chi connectivity index (χ2n) is 3.65. The number of ketones is 1. The van der Waals surface area contributed by atoms with Crippen LogP contribution in [-0.2, 0) is 4.79 Å². The van der Waals surface area contributed by atoms with Gasteiger partial charge in [-0.05, 0) is 0 Å². The van der Waals surface area contributed by atoms with Crippen molar-refractivity contribution in [3.05, 3.63) is 0 Å². The molecular weight excluding hydrogens is 138 g/mol. The van der Waals surface area contributed by atoms with E-state index in [1.165, 1.54) is 0 Å². The third-order valence-corrected chi connectivity index (χ3v) is 1.72. The Balaban J connectivity index is 4.38. The maximum absolute atomic E-state index is 11.1. The lowest BCUT2D eigenvalue weighted by Crippen LogP contribution is -2.48. The summed E-state index contributed by atoms with van der Waals surface area (Å²) in [7, 11) is 5.93. The van der Waals surface area contributed by atoms with Crippen LogP contribution >= 0.6 is 0 Å². The third kappa shape index (κ3) is 3.20. The van der Waals surface area contributed by atoms with Crippen LogP contribution in [0.5, 0.6) is 0 Å². The molecule has 0 fully saturated rings. The van der Waals surface area contributed by atoms with E-state index in [1.807, 2.05) is 21.1 Å². The number of terminal acetylenes is 1.